The predicted molar refractivity (Wildman–Crippen MR) is 111 cm³/mol. The lowest BCUT2D eigenvalue weighted by molar-refractivity contribution is 0.0598. The van der Waals surface area contributed by atoms with Gasteiger partial charge < -0.3 is 10.1 Å². The van der Waals surface area contributed by atoms with Crippen LogP contribution in [0.2, 0.25) is 0 Å². The molecule has 5 atom stereocenters. The lowest BCUT2D eigenvalue weighted by atomic mass is 9.56. The molecule has 0 heterocycles. The van der Waals surface area contributed by atoms with Gasteiger partial charge in [0, 0.05) is 18.5 Å². The molecule has 2 saturated carbocycles. The molecule has 4 aliphatic rings. The van der Waals surface area contributed by atoms with Gasteiger partial charge in [0.25, 0.3) is 0 Å². The number of ether oxygens (including phenoxy) is 1. The molecule has 0 bridgehead atoms. The van der Waals surface area contributed by atoms with Crippen LogP contribution in [0.25, 0.3) is 0 Å². The van der Waals surface area contributed by atoms with Crippen molar-refractivity contribution in [2.75, 3.05) is 13.7 Å². The van der Waals surface area contributed by atoms with E-state index in [2.05, 4.69) is 54.7 Å². The van der Waals surface area contributed by atoms with Crippen molar-refractivity contribution in [3.63, 3.8) is 0 Å². The van der Waals surface area contributed by atoms with E-state index in [4.69, 9.17) is 4.74 Å². The van der Waals surface area contributed by atoms with Gasteiger partial charge in [-0.1, -0.05) is 37.3 Å². The third-order valence-electron chi connectivity index (χ3n) is 8.17. The van der Waals surface area contributed by atoms with Gasteiger partial charge in [-0.15, -0.1) is 0 Å². The number of nitrogens with one attached hydrogen (secondary N) is 1. The van der Waals surface area contributed by atoms with E-state index in [0.717, 1.165) is 30.0 Å². The summed E-state index contributed by atoms with van der Waals surface area (Å²) < 4.78 is 5.47. The third kappa shape index (κ3) is 3.06. The second kappa shape index (κ2) is 6.81. The zero-order valence-electron chi connectivity index (χ0n) is 16.8. The first-order valence-corrected chi connectivity index (χ1v) is 10.9. The highest BCUT2D eigenvalue weighted by atomic mass is 16.5. The molecule has 1 aromatic rings. The summed E-state index contributed by atoms with van der Waals surface area (Å²) in [7, 11) is 1.78. The molecular formula is C25H33NO. The number of aryl methyl sites for hydroxylation is 1. The molecule has 27 heavy (non-hydrogen) atoms. The largest absolute Gasteiger partial charge is 0.497 e. The Morgan fingerprint density at radius 2 is 2.04 bits per heavy atom. The van der Waals surface area contributed by atoms with Crippen molar-refractivity contribution in [1.29, 1.82) is 0 Å². The standard InChI is InChI=1S/C25H33NO/c1-25-12-11-22-21-10-8-20(27-2)13-18(21)7-9-23(22)24(25)14-19(15-25)26-16-17-5-3-4-6-17/h3-6,8,10,13,17,19,22-24,26H,7,9,11-12,14-16H2,1-2H3/t19-,22+,23+,24-,25+/m0/s1. The average Bonchev–Trinajstić information content (AvgIpc) is 3.32. The van der Waals surface area contributed by atoms with Crippen molar-refractivity contribution in [2.45, 2.75) is 57.4 Å². The van der Waals surface area contributed by atoms with Gasteiger partial charge in [-0.05, 0) is 85.0 Å². The molecule has 5 rings (SSSR count). The predicted octanol–water partition coefficient (Wildman–Crippen LogP) is 5.25. The van der Waals surface area contributed by atoms with Gasteiger partial charge in [-0.2, -0.15) is 0 Å². The highest BCUT2D eigenvalue weighted by Crippen LogP contribution is 2.60. The van der Waals surface area contributed by atoms with Crippen LogP contribution in [0.5, 0.6) is 5.75 Å². The van der Waals surface area contributed by atoms with E-state index in [0.29, 0.717) is 17.4 Å². The number of methoxy groups -OCH3 is 1. The summed E-state index contributed by atoms with van der Waals surface area (Å²) >= 11 is 0. The van der Waals surface area contributed by atoms with E-state index < -0.39 is 0 Å². The zero-order chi connectivity index (χ0) is 18.4. The molecular weight excluding hydrogens is 330 g/mol. The Kier molecular flexibility index (Phi) is 4.43. The van der Waals surface area contributed by atoms with Crippen LogP contribution in [0.15, 0.2) is 42.5 Å². The van der Waals surface area contributed by atoms with Gasteiger partial charge in [0.05, 0.1) is 7.11 Å². The van der Waals surface area contributed by atoms with Crippen LogP contribution < -0.4 is 10.1 Å². The Balaban J connectivity index is 1.32. The Hall–Kier alpha value is -1.54. The van der Waals surface area contributed by atoms with Crippen molar-refractivity contribution in [3.8, 4) is 5.75 Å². The molecule has 0 unspecified atom stereocenters. The minimum absolute atomic E-state index is 0.546. The Labute approximate surface area is 164 Å². The maximum atomic E-state index is 5.47. The average molecular weight is 364 g/mol. The van der Waals surface area contributed by atoms with Gasteiger partial charge in [0.1, 0.15) is 5.75 Å². The molecule has 144 valence electrons. The maximum Gasteiger partial charge on any atom is 0.119 e. The highest BCUT2D eigenvalue weighted by molar-refractivity contribution is 5.40. The summed E-state index contributed by atoms with van der Waals surface area (Å²) in [6, 6.07) is 7.55. The van der Waals surface area contributed by atoms with Crippen LogP contribution in [-0.4, -0.2) is 19.7 Å². The van der Waals surface area contributed by atoms with E-state index in [9.17, 15) is 0 Å². The van der Waals surface area contributed by atoms with Crippen LogP contribution in [0.1, 0.15) is 56.1 Å². The lowest BCUT2D eigenvalue weighted by Crippen LogP contribution is -2.39. The molecule has 0 saturated heterocycles. The van der Waals surface area contributed by atoms with E-state index in [1.54, 1.807) is 18.2 Å². The number of hydrogen-bond donors (Lipinski definition) is 1. The Morgan fingerprint density at radius 3 is 2.85 bits per heavy atom. The summed E-state index contributed by atoms with van der Waals surface area (Å²) in [5.41, 5.74) is 3.72. The van der Waals surface area contributed by atoms with Gasteiger partial charge >= 0.3 is 0 Å². The first-order valence-electron chi connectivity index (χ1n) is 10.9. The summed E-state index contributed by atoms with van der Waals surface area (Å²) in [5.74, 6) is 4.16. The monoisotopic (exact) mass is 363 g/mol. The summed E-state index contributed by atoms with van der Waals surface area (Å²) in [6.45, 7) is 3.70. The number of fused-ring (bicyclic) bond motifs is 5. The maximum absolute atomic E-state index is 5.47. The van der Waals surface area contributed by atoms with E-state index in [-0.39, 0.29) is 0 Å². The first-order chi connectivity index (χ1) is 13.2. The van der Waals surface area contributed by atoms with Crippen molar-refractivity contribution in [2.24, 2.45) is 23.2 Å². The minimum Gasteiger partial charge on any atom is -0.497 e. The van der Waals surface area contributed by atoms with Gasteiger partial charge in [0.15, 0.2) is 0 Å². The third-order valence-corrected chi connectivity index (χ3v) is 8.17. The topological polar surface area (TPSA) is 21.3 Å². The number of benzene rings is 1. The molecule has 0 radical (unpaired) electrons. The summed E-state index contributed by atoms with van der Waals surface area (Å²) in [5, 5.41) is 3.92. The molecule has 0 spiro atoms. The number of allylic oxidation sites excluding steroid dienone is 2. The molecule has 4 aliphatic carbocycles. The Morgan fingerprint density at radius 1 is 1.19 bits per heavy atom. The Bertz CT molecular complexity index is 754. The van der Waals surface area contributed by atoms with Crippen molar-refractivity contribution in [1.82, 2.24) is 5.32 Å². The molecule has 2 fully saturated rings. The SMILES string of the molecule is COc1ccc2c(c1)CC[C@@H]1[C@@H]2CC[C@]2(C)C[C@@H](NCC3C=CC=C3)C[C@@H]12. The highest BCUT2D eigenvalue weighted by Gasteiger charge is 2.52. The molecule has 1 aromatic carbocycles. The first kappa shape index (κ1) is 17.6. The smallest absolute Gasteiger partial charge is 0.119 e. The van der Waals surface area contributed by atoms with Gasteiger partial charge in [-0.25, -0.2) is 0 Å². The summed E-state index contributed by atoms with van der Waals surface area (Å²) in [4.78, 5) is 0. The molecule has 1 N–H and O–H groups in total. The van der Waals surface area contributed by atoms with Crippen molar-refractivity contribution < 1.29 is 4.74 Å². The normalized spacial score (nSPS) is 37.1. The van der Waals surface area contributed by atoms with E-state index in [1.807, 2.05) is 0 Å². The van der Waals surface area contributed by atoms with E-state index in [1.165, 1.54) is 38.5 Å². The van der Waals surface area contributed by atoms with Crippen LogP contribution >= 0.6 is 0 Å². The second-order valence-corrected chi connectivity index (χ2v) is 9.65. The quantitative estimate of drug-likeness (QED) is 0.789. The van der Waals surface area contributed by atoms with Crippen LogP contribution in [0, 0.1) is 23.2 Å². The number of hydrogen-bond acceptors (Lipinski definition) is 2. The van der Waals surface area contributed by atoms with Crippen LogP contribution in [-0.2, 0) is 6.42 Å². The molecule has 0 aliphatic heterocycles. The lowest BCUT2D eigenvalue weighted by Gasteiger charge is -2.49. The molecule has 2 heteroatoms. The molecule has 0 aromatic heterocycles. The molecule has 2 nitrogen and oxygen atoms in total. The van der Waals surface area contributed by atoms with Gasteiger partial charge in [0.2, 0.25) is 0 Å². The van der Waals surface area contributed by atoms with Crippen LogP contribution in [0.3, 0.4) is 0 Å². The molecule has 0 amide bonds. The fraction of sp³-hybridized carbons (Fsp3) is 0.600. The zero-order valence-corrected chi connectivity index (χ0v) is 16.8. The van der Waals surface area contributed by atoms with Crippen molar-refractivity contribution >= 4 is 0 Å². The summed E-state index contributed by atoms with van der Waals surface area (Å²) in [6.07, 6.45) is 17.1. The fourth-order valence-corrected chi connectivity index (χ4v) is 6.82. The second-order valence-electron chi connectivity index (χ2n) is 9.65. The fourth-order valence-electron chi connectivity index (χ4n) is 6.82. The van der Waals surface area contributed by atoms with Crippen molar-refractivity contribution in [3.05, 3.63) is 53.6 Å². The van der Waals surface area contributed by atoms with Gasteiger partial charge in [-0.3, -0.25) is 0 Å². The minimum atomic E-state index is 0.546. The number of rotatable bonds is 4. The van der Waals surface area contributed by atoms with E-state index >= 15 is 0 Å². The van der Waals surface area contributed by atoms with Crippen LogP contribution in [0.4, 0.5) is 0 Å².